The van der Waals surface area contributed by atoms with Gasteiger partial charge in [-0.05, 0) is 44.9 Å². The molecule has 1 saturated heterocycles. The van der Waals surface area contributed by atoms with E-state index in [4.69, 9.17) is 0 Å². The van der Waals surface area contributed by atoms with E-state index < -0.39 is 0 Å². The SMILES string of the molecule is CC(CC1CCCCN1)Nc1ccccc1-n1cncn1. The molecule has 1 aliphatic heterocycles. The molecule has 5 nitrogen and oxygen atoms in total. The topological polar surface area (TPSA) is 54.8 Å². The smallest absolute Gasteiger partial charge is 0.138 e. The van der Waals surface area contributed by atoms with E-state index in [1.165, 1.54) is 19.3 Å². The highest BCUT2D eigenvalue weighted by Gasteiger charge is 2.16. The number of hydrogen-bond donors (Lipinski definition) is 2. The van der Waals surface area contributed by atoms with Crippen molar-refractivity contribution >= 4 is 5.69 Å². The second-order valence-electron chi connectivity index (χ2n) is 5.79. The predicted molar refractivity (Wildman–Crippen MR) is 84.7 cm³/mol. The van der Waals surface area contributed by atoms with Crippen LogP contribution in [0.2, 0.25) is 0 Å². The Morgan fingerprint density at radius 3 is 3.05 bits per heavy atom. The van der Waals surface area contributed by atoms with Crippen LogP contribution in [0.5, 0.6) is 0 Å². The summed E-state index contributed by atoms with van der Waals surface area (Å²) in [6.07, 6.45) is 8.38. The van der Waals surface area contributed by atoms with Crippen molar-refractivity contribution in [3.05, 3.63) is 36.9 Å². The number of hydrogen-bond acceptors (Lipinski definition) is 4. The van der Waals surface area contributed by atoms with E-state index in [0.717, 1.165) is 24.3 Å². The van der Waals surface area contributed by atoms with Crippen LogP contribution < -0.4 is 10.6 Å². The summed E-state index contributed by atoms with van der Waals surface area (Å²) in [6.45, 7) is 3.40. The molecule has 2 atom stereocenters. The van der Waals surface area contributed by atoms with Crippen LogP contribution in [-0.4, -0.2) is 33.4 Å². The van der Waals surface area contributed by atoms with Gasteiger partial charge in [0.2, 0.25) is 0 Å². The van der Waals surface area contributed by atoms with E-state index in [1.807, 2.05) is 12.1 Å². The lowest BCUT2D eigenvalue weighted by Gasteiger charge is -2.27. The monoisotopic (exact) mass is 285 g/mol. The molecular formula is C16H23N5. The lowest BCUT2D eigenvalue weighted by atomic mass is 9.98. The van der Waals surface area contributed by atoms with Gasteiger partial charge in [-0.2, -0.15) is 5.10 Å². The number of rotatable bonds is 5. The molecule has 3 rings (SSSR count). The zero-order chi connectivity index (χ0) is 14.5. The normalized spacial score (nSPS) is 20.1. The molecule has 1 fully saturated rings. The highest BCUT2D eigenvalue weighted by molar-refractivity contribution is 5.60. The van der Waals surface area contributed by atoms with Gasteiger partial charge in [-0.3, -0.25) is 0 Å². The Kier molecular flexibility index (Phi) is 4.50. The summed E-state index contributed by atoms with van der Waals surface area (Å²) in [5.41, 5.74) is 2.14. The maximum absolute atomic E-state index is 4.22. The number of aromatic nitrogens is 3. The molecule has 2 aromatic rings. The molecule has 0 aliphatic carbocycles. The molecule has 112 valence electrons. The van der Waals surface area contributed by atoms with Crippen LogP contribution in [-0.2, 0) is 0 Å². The first kappa shape index (κ1) is 14.1. The molecule has 2 N–H and O–H groups in total. The van der Waals surface area contributed by atoms with Crippen molar-refractivity contribution in [2.75, 3.05) is 11.9 Å². The summed E-state index contributed by atoms with van der Waals surface area (Å²) in [7, 11) is 0. The van der Waals surface area contributed by atoms with Gasteiger partial charge in [0.1, 0.15) is 12.7 Å². The van der Waals surface area contributed by atoms with E-state index >= 15 is 0 Å². The highest BCUT2D eigenvalue weighted by Crippen LogP contribution is 2.21. The molecule has 1 aromatic heterocycles. The average Bonchev–Trinajstić information content (AvgIpc) is 3.03. The Hall–Kier alpha value is -1.88. The second-order valence-corrected chi connectivity index (χ2v) is 5.79. The van der Waals surface area contributed by atoms with Crippen molar-refractivity contribution in [2.45, 2.75) is 44.7 Å². The third kappa shape index (κ3) is 3.61. The van der Waals surface area contributed by atoms with Crippen LogP contribution >= 0.6 is 0 Å². The molecule has 0 spiro atoms. The van der Waals surface area contributed by atoms with Crippen molar-refractivity contribution in [1.82, 2.24) is 20.1 Å². The number of piperidine rings is 1. The van der Waals surface area contributed by atoms with Crippen LogP contribution in [0.4, 0.5) is 5.69 Å². The summed E-state index contributed by atoms with van der Waals surface area (Å²) < 4.78 is 1.80. The summed E-state index contributed by atoms with van der Waals surface area (Å²) in [6, 6.07) is 9.29. The third-order valence-corrected chi connectivity index (χ3v) is 4.02. The highest BCUT2D eigenvalue weighted by atomic mass is 15.3. The predicted octanol–water partition coefficient (Wildman–Crippen LogP) is 2.60. The number of para-hydroxylation sites is 2. The molecule has 1 aromatic carbocycles. The molecule has 5 heteroatoms. The lowest BCUT2D eigenvalue weighted by Crippen LogP contribution is -2.37. The van der Waals surface area contributed by atoms with Gasteiger partial charge in [-0.25, -0.2) is 9.67 Å². The number of benzene rings is 1. The van der Waals surface area contributed by atoms with E-state index in [9.17, 15) is 0 Å². The van der Waals surface area contributed by atoms with Crippen molar-refractivity contribution in [3.63, 3.8) is 0 Å². The zero-order valence-electron chi connectivity index (χ0n) is 12.5. The fourth-order valence-electron chi connectivity index (χ4n) is 3.00. The van der Waals surface area contributed by atoms with Gasteiger partial charge >= 0.3 is 0 Å². The van der Waals surface area contributed by atoms with E-state index in [1.54, 1.807) is 17.3 Å². The van der Waals surface area contributed by atoms with E-state index in [0.29, 0.717) is 12.1 Å². The van der Waals surface area contributed by atoms with Gasteiger partial charge in [0.05, 0.1) is 11.4 Å². The molecule has 2 unspecified atom stereocenters. The number of nitrogens with one attached hydrogen (secondary N) is 2. The molecular weight excluding hydrogens is 262 g/mol. The first-order valence-electron chi connectivity index (χ1n) is 7.77. The number of anilines is 1. The van der Waals surface area contributed by atoms with Crippen molar-refractivity contribution in [3.8, 4) is 5.69 Å². The fourth-order valence-corrected chi connectivity index (χ4v) is 3.00. The standard InChI is InChI=1S/C16H23N5/c1-13(10-14-6-4-5-9-18-14)20-15-7-2-3-8-16(15)21-12-17-11-19-21/h2-3,7-8,11-14,18,20H,4-6,9-10H2,1H3. The van der Waals surface area contributed by atoms with Gasteiger partial charge in [0, 0.05) is 12.1 Å². The summed E-state index contributed by atoms with van der Waals surface area (Å²) in [5.74, 6) is 0. The number of nitrogens with zero attached hydrogens (tertiary/aromatic N) is 3. The molecule has 2 heterocycles. The Labute approximate surface area is 125 Å². The van der Waals surface area contributed by atoms with Crippen LogP contribution in [0.3, 0.4) is 0 Å². The van der Waals surface area contributed by atoms with Gasteiger partial charge < -0.3 is 10.6 Å². The Morgan fingerprint density at radius 2 is 2.29 bits per heavy atom. The molecule has 21 heavy (non-hydrogen) atoms. The van der Waals surface area contributed by atoms with Crippen molar-refractivity contribution in [1.29, 1.82) is 0 Å². The summed E-state index contributed by atoms with van der Waals surface area (Å²) in [5, 5.41) is 11.5. The maximum atomic E-state index is 4.22. The Bertz CT molecular complexity index is 546. The van der Waals surface area contributed by atoms with Gasteiger partial charge in [0.25, 0.3) is 0 Å². The molecule has 0 bridgehead atoms. The van der Waals surface area contributed by atoms with Crippen LogP contribution in [0.15, 0.2) is 36.9 Å². The maximum Gasteiger partial charge on any atom is 0.138 e. The first-order valence-corrected chi connectivity index (χ1v) is 7.77. The van der Waals surface area contributed by atoms with Gasteiger partial charge in [0.15, 0.2) is 0 Å². The molecule has 0 amide bonds. The first-order chi connectivity index (χ1) is 10.3. The minimum absolute atomic E-state index is 0.422. The molecule has 0 saturated carbocycles. The largest absolute Gasteiger partial charge is 0.381 e. The van der Waals surface area contributed by atoms with Gasteiger partial charge in [-0.15, -0.1) is 0 Å². The zero-order valence-corrected chi connectivity index (χ0v) is 12.5. The Balaban J connectivity index is 1.67. The summed E-state index contributed by atoms with van der Waals surface area (Å²) in [4.78, 5) is 4.03. The minimum Gasteiger partial charge on any atom is -0.381 e. The third-order valence-electron chi connectivity index (χ3n) is 4.02. The lowest BCUT2D eigenvalue weighted by molar-refractivity contribution is 0.371. The summed E-state index contributed by atoms with van der Waals surface area (Å²) >= 11 is 0. The van der Waals surface area contributed by atoms with E-state index in [2.05, 4.69) is 39.8 Å². The van der Waals surface area contributed by atoms with Crippen LogP contribution in [0.25, 0.3) is 5.69 Å². The van der Waals surface area contributed by atoms with Crippen LogP contribution in [0.1, 0.15) is 32.6 Å². The quantitative estimate of drug-likeness (QED) is 0.886. The fraction of sp³-hybridized carbons (Fsp3) is 0.500. The minimum atomic E-state index is 0.422. The van der Waals surface area contributed by atoms with Gasteiger partial charge in [-0.1, -0.05) is 18.6 Å². The Morgan fingerprint density at radius 1 is 1.38 bits per heavy atom. The second kappa shape index (κ2) is 6.72. The van der Waals surface area contributed by atoms with Crippen molar-refractivity contribution in [2.24, 2.45) is 0 Å². The van der Waals surface area contributed by atoms with Crippen molar-refractivity contribution < 1.29 is 0 Å². The van der Waals surface area contributed by atoms with E-state index in [-0.39, 0.29) is 0 Å². The molecule has 0 radical (unpaired) electrons. The average molecular weight is 285 g/mol. The van der Waals surface area contributed by atoms with Crippen LogP contribution in [0, 0.1) is 0 Å². The molecule has 1 aliphatic rings.